The molecular weight excluding hydrogens is 378 g/mol. The number of benzene rings is 1. The fourth-order valence-electron chi connectivity index (χ4n) is 2.72. The van der Waals surface area contributed by atoms with Crippen molar-refractivity contribution < 1.29 is 4.79 Å². The van der Waals surface area contributed by atoms with Gasteiger partial charge in [-0.25, -0.2) is 0 Å². The third-order valence-electron chi connectivity index (χ3n) is 4.23. The Morgan fingerprint density at radius 3 is 2.93 bits per heavy atom. The smallest absolute Gasteiger partial charge is 0.237 e. The molecule has 0 radical (unpaired) electrons. The highest BCUT2D eigenvalue weighted by Crippen LogP contribution is 2.42. The molecule has 1 fully saturated rings. The van der Waals surface area contributed by atoms with Gasteiger partial charge in [0.05, 0.1) is 21.8 Å². The van der Waals surface area contributed by atoms with Gasteiger partial charge in [-0.05, 0) is 49.4 Å². The first-order valence-corrected chi connectivity index (χ1v) is 10.4. The maximum absolute atomic E-state index is 12.6. The first-order chi connectivity index (χ1) is 13.2. The number of nitrogens with zero attached hydrogens (tertiary/aromatic N) is 4. The van der Waals surface area contributed by atoms with Crippen LogP contribution in [0.25, 0.3) is 10.7 Å². The lowest BCUT2D eigenvalue weighted by Crippen LogP contribution is -2.23. The molecule has 1 aliphatic rings. The molecule has 1 saturated carbocycles. The average Bonchev–Trinajstić information content (AvgIpc) is 3.20. The molecule has 1 atom stereocenters. The number of nitriles is 1. The number of hydrogen-bond acceptors (Lipinski definition) is 6. The van der Waals surface area contributed by atoms with Crippen LogP contribution >= 0.6 is 23.1 Å². The second-order valence-corrected chi connectivity index (χ2v) is 8.58. The van der Waals surface area contributed by atoms with Crippen molar-refractivity contribution in [1.82, 2.24) is 14.8 Å². The van der Waals surface area contributed by atoms with Gasteiger partial charge in [0.1, 0.15) is 0 Å². The maximum atomic E-state index is 12.6. The van der Waals surface area contributed by atoms with Crippen LogP contribution in [0, 0.1) is 11.3 Å². The highest BCUT2D eigenvalue weighted by Gasteiger charge is 2.31. The van der Waals surface area contributed by atoms with Crippen molar-refractivity contribution in [2.45, 2.75) is 36.2 Å². The van der Waals surface area contributed by atoms with Gasteiger partial charge < -0.3 is 5.32 Å². The summed E-state index contributed by atoms with van der Waals surface area (Å²) >= 11 is 3.05. The molecule has 0 spiro atoms. The van der Waals surface area contributed by atoms with E-state index < -0.39 is 0 Å². The number of carbonyl (C=O) groups excluding carboxylic acids is 1. The quantitative estimate of drug-likeness (QED) is 0.628. The number of amides is 1. The Morgan fingerprint density at radius 1 is 1.37 bits per heavy atom. The van der Waals surface area contributed by atoms with E-state index in [9.17, 15) is 4.79 Å². The van der Waals surface area contributed by atoms with E-state index in [4.69, 9.17) is 5.26 Å². The molecule has 4 rings (SSSR count). The second-order valence-electron chi connectivity index (χ2n) is 6.33. The summed E-state index contributed by atoms with van der Waals surface area (Å²) in [5.41, 5.74) is 1.14. The van der Waals surface area contributed by atoms with Gasteiger partial charge in [-0.3, -0.25) is 9.36 Å². The molecule has 27 heavy (non-hydrogen) atoms. The maximum Gasteiger partial charge on any atom is 0.237 e. The van der Waals surface area contributed by atoms with Gasteiger partial charge in [-0.1, -0.05) is 23.9 Å². The van der Waals surface area contributed by atoms with Gasteiger partial charge in [-0.2, -0.15) is 5.26 Å². The number of anilines is 1. The van der Waals surface area contributed by atoms with Crippen molar-refractivity contribution in [1.29, 1.82) is 5.26 Å². The number of rotatable bonds is 6. The van der Waals surface area contributed by atoms with Gasteiger partial charge in [0.2, 0.25) is 5.91 Å². The molecule has 1 aromatic carbocycles. The van der Waals surface area contributed by atoms with E-state index in [-0.39, 0.29) is 11.2 Å². The third-order valence-corrected chi connectivity index (χ3v) is 6.15. The van der Waals surface area contributed by atoms with Crippen molar-refractivity contribution in [3.63, 3.8) is 0 Å². The Morgan fingerprint density at radius 2 is 2.22 bits per heavy atom. The van der Waals surface area contributed by atoms with Crippen molar-refractivity contribution in [3.05, 3.63) is 47.3 Å². The molecule has 3 aromatic rings. The van der Waals surface area contributed by atoms with Crippen LogP contribution in [0.4, 0.5) is 5.69 Å². The van der Waals surface area contributed by atoms with Crippen LogP contribution in [-0.2, 0) is 4.79 Å². The molecule has 136 valence electrons. The van der Waals surface area contributed by atoms with Crippen LogP contribution in [0.1, 0.15) is 31.4 Å². The van der Waals surface area contributed by atoms with Crippen molar-refractivity contribution in [2.24, 2.45) is 0 Å². The summed E-state index contributed by atoms with van der Waals surface area (Å²) in [4.78, 5) is 13.7. The number of nitrogens with one attached hydrogen (secondary N) is 1. The van der Waals surface area contributed by atoms with Crippen molar-refractivity contribution >= 4 is 34.7 Å². The van der Waals surface area contributed by atoms with E-state index in [1.807, 2.05) is 24.4 Å². The Hall–Kier alpha value is -2.63. The van der Waals surface area contributed by atoms with Gasteiger partial charge >= 0.3 is 0 Å². The molecule has 0 aliphatic heterocycles. The molecular formula is C19H17N5OS2. The monoisotopic (exact) mass is 395 g/mol. The third kappa shape index (κ3) is 3.89. The Bertz CT molecular complexity index is 1000. The lowest BCUT2D eigenvalue weighted by molar-refractivity contribution is -0.115. The SMILES string of the molecule is CC(Sc1nnc(-c2cccs2)n1C1CC1)C(=O)Nc1cccc(C#N)c1. The number of hydrogen-bond donors (Lipinski definition) is 1. The predicted octanol–water partition coefficient (Wildman–Crippen LogP) is 4.33. The first-order valence-electron chi connectivity index (χ1n) is 8.62. The average molecular weight is 396 g/mol. The van der Waals surface area contributed by atoms with E-state index >= 15 is 0 Å². The largest absolute Gasteiger partial charge is 0.325 e. The van der Waals surface area contributed by atoms with Crippen molar-refractivity contribution in [3.8, 4) is 16.8 Å². The van der Waals surface area contributed by atoms with Crippen LogP contribution in [0.5, 0.6) is 0 Å². The number of thiophene rings is 1. The normalized spacial score (nSPS) is 14.5. The number of carbonyl (C=O) groups is 1. The number of aromatic nitrogens is 3. The molecule has 1 aliphatic carbocycles. The Balaban J connectivity index is 1.50. The lowest BCUT2D eigenvalue weighted by atomic mass is 10.2. The zero-order valence-electron chi connectivity index (χ0n) is 14.6. The summed E-state index contributed by atoms with van der Waals surface area (Å²) in [6.07, 6.45) is 2.23. The highest BCUT2D eigenvalue weighted by atomic mass is 32.2. The first kappa shape index (κ1) is 17.8. The fraction of sp³-hybridized carbons (Fsp3) is 0.263. The molecule has 2 aromatic heterocycles. The molecule has 1 amide bonds. The van der Waals surface area contributed by atoms with Crippen LogP contribution < -0.4 is 5.32 Å². The summed E-state index contributed by atoms with van der Waals surface area (Å²) in [7, 11) is 0. The molecule has 0 bridgehead atoms. The molecule has 6 nitrogen and oxygen atoms in total. The minimum atomic E-state index is -0.339. The summed E-state index contributed by atoms with van der Waals surface area (Å²) in [5.74, 6) is 0.752. The summed E-state index contributed by atoms with van der Waals surface area (Å²) in [5, 5.41) is 23.0. The molecule has 1 N–H and O–H groups in total. The van der Waals surface area contributed by atoms with Crippen LogP contribution in [0.2, 0.25) is 0 Å². The van der Waals surface area contributed by atoms with E-state index in [1.54, 1.807) is 35.6 Å². The predicted molar refractivity (Wildman–Crippen MR) is 107 cm³/mol. The van der Waals surface area contributed by atoms with Crippen LogP contribution in [-0.4, -0.2) is 25.9 Å². The van der Waals surface area contributed by atoms with Crippen LogP contribution in [0.15, 0.2) is 46.9 Å². The van der Waals surface area contributed by atoms with Gasteiger partial charge in [0.25, 0.3) is 0 Å². The summed E-state index contributed by atoms with van der Waals surface area (Å²) < 4.78 is 2.16. The Kier molecular flexibility index (Phi) is 4.97. The van der Waals surface area contributed by atoms with Gasteiger partial charge in [0, 0.05) is 11.7 Å². The van der Waals surface area contributed by atoms with E-state index in [1.165, 1.54) is 11.8 Å². The van der Waals surface area contributed by atoms with Crippen LogP contribution in [0.3, 0.4) is 0 Å². The molecule has 2 heterocycles. The van der Waals surface area contributed by atoms with Crippen molar-refractivity contribution in [2.75, 3.05) is 5.32 Å². The molecule has 1 unspecified atom stereocenters. The van der Waals surface area contributed by atoms with E-state index in [0.29, 0.717) is 17.3 Å². The van der Waals surface area contributed by atoms with E-state index in [2.05, 4.69) is 26.2 Å². The second kappa shape index (κ2) is 7.55. The van der Waals surface area contributed by atoms with E-state index in [0.717, 1.165) is 28.7 Å². The fourth-order valence-corrected chi connectivity index (χ4v) is 4.34. The highest BCUT2D eigenvalue weighted by molar-refractivity contribution is 8.00. The molecule has 0 saturated heterocycles. The Labute approximate surface area is 165 Å². The molecule has 8 heteroatoms. The topological polar surface area (TPSA) is 83.6 Å². The van der Waals surface area contributed by atoms with Gasteiger partial charge in [-0.15, -0.1) is 21.5 Å². The zero-order chi connectivity index (χ0) is 18.8. The summed E-state index contributed by atoms with van der Waals surface area (Å²) in [6, 6.07) is 13.4. The minimum absolute atomic E-state index is 0.127. The lowest BCUT2D eigenvalue weighted by Gasteiger charge is -2.13. The summed E-state index contributed by atoms with van der Waals surface area (Å²) in [6.45, 7) is 1.85. The minimum Gasteiger partial charge on any atom is -0.325 e. The number of thioether (sulfide) groups is 1. The standard InChI is InChI=1S/C19H17N5OS2/c1-12(18(25)21-14-5-2-4-13(10-14)11-20)27-19-23-22-17(16-6-3-9-26-16)24(19)15-7-8-15/h2-6,9-10,12,15H,7-8H2,1H3,(H,21,25). The zero-order valence-corrected chi connectivity index (χ0v) is 16.3. The van der Waals surface area contributed by atoms with Gasteiger partial charge in [0.15, 0.2) is 11.0 Å².